The second kappa shape index (κ2) is 7.00. The molecular formula is C15H13ClFN3O2. The molecule has 2 amide bonds. The average molecular weight is 322 g/mol. The molecule has 0 radical (unpaired) electrons. The van der Waals surface area contributed by atoms with E-state index in [1.807, 2.05) is 0 Å². The van der Waals surface area contributed by atoms with E-state index >= 15 is 0 Å². The fourth-order valence-electron chi connectivity index (χ4n) is 1.66. The molecule has 2 rings (SSSR count). The summed E-state index contributed by atoms with van der Waals surface area (Å²) in [6.07, 6.45) is 1.40. The van der Waals surface area contributed by atoms with Crippen LogP contribution in [0.15, 0.2) is 36.5 Å². The number of hydrogen-bond acceptors (Lipinski definition) is 3. The number of carbonyl (C=O) groups is 2. The number of hydrogen-bond donors (Lipinski definition) is 2. The van der Waals surface area contributed by atoms with Crippen LogP contribution in [-0.4, -0.2) is 23.3 Å². The van der Waals surface area contributed by atoms with Gasteiger partial charge >= 0.3 is 0 Å². The third kappa shape index (κ3) is 4.26. The van der Waals surface area contributed by atoms with Crippen molar-refractivity contribution in [2.45, 2.75) is 6.92 Å². The number of nitrogens with zero attached hydrogens (tertiary/aromatic N) is 1. The number of rotatable bonds is 4. The summed E-state index contributed by atoms with van der Waals surface area (Å²) in [6, 6.07) is 7.28. The summed E-state index contributed by atoms with van der Waals surface area (Å²) < 4.78 is 13.4. The van der Waals surface area contributed by atoms with E-state index in [9.17, 15) is 14.0 Å². The Labute approximate surface area is 131 Å². The first-order valence-electron chi connectivity index (χ1n) is 6.41. The molecule has 5 nitrogen and oxygen atoms in total. The number of aryl methyl sites for hydroxylation is 1. The van der Waals surface area contributed by atoms with Gasteiger partial charge in [-0.2, -0.15) is 0 Å². The van der Waals surface area contributed by atoms with Gasteiger partial charge in [-0.3, -0.25) is 14.6 Å². The van der Waals surface area contributed by atoms with Gasteiger partial charge in [0, 0.05) is 16.9 Å². The molecule has 0 aliphatic carbocycles. The predicted octanol–water partition coefficient (Wildman–Crippen LogP) is 2.55. The molecular weight excluding hydrogens is 309 g/mol. The first-order valence-corrected chi connectivity index (χ1v) is 6.79. The summed E-state index contributed by atoms with van der Waals surface area (Å²) in [5.41, 5.74) is 0.920. The zero-order valence-electron chi connectivity index (χ0n) is 11.7. The molecule has 114 valence electrons. The molecule has 1 aromatic heterocycles. The van der Waals surface area contributed by atoms with Crippen molar-refractivity contribution in [3.05, 3.63) is 58.6 Å². The standard InChI is InChI=1S/C15H13ClFN3O2/c1-9-2-3-11(7-12(9)17)20-14(21)8-19-15(22)13-6-10(16)4-5-18-13/h2-7H,8H2,1H3,(H,19,22)(H,20,21). The van der Waals surface area contributed by atoms with Gasteiger partial charge in [0.2, 0.25) is 5.91 Å². The SMILES string of the molecule is Cc1ccc(NC(=O)CNC(=O)c2cc(Cl)ccn2)cc1F. The summed E-state index contributed by atoms with van der Waals surface area (Å²) in [4.78, 5) is 27.3. The lowest BCUT2D eigenvalue weighted by Gasteiger charge is -2.07. The second-order valence-corrected chi connectivity index (χ2v) is 4.99. The van der Waals surface area contributed by atoms with E-state index in [0.717, 1.165) is 0 Å². The van der Waals surface area contributed by atoms with E-state index < -0.39 is 17.6 Å². The van der Waals surface area contributed by atoms with Gasteiger partial charge in [-0.25, -0.2) is 4.39 Å². The molecule has 0 unspecified atom stereocenters. The Morgan fingerprint density at radius 1 is 1.27 bits per heavy atom. The van der Waals surface area contributed by atoms with Gasteiger partial charge in [0.1, 0.15) is 11.5 Å². The lowest BCUT2D eigenvalue weighted by atomic mass is 10.2. The zero-order valence-corrected chi connectivity index (χ0v) is 12.4. The van der Waals surface area contributed by atoms with Crippen LogP contribution in [0.2, 0.25) is 5.02 Å². The van der Waals surface area contributed by atoms with Crippen molar-refractivity contribution in [2.24, 2.45) is 0 Å². The Hall–Kier alpha value is -2.47. The molecule has 1 aromatic carbocycles. The minimum atomic E-state index is -0.521. The summed E-state index contributed by atoms with van der Waals surface area (Å²) in [5.74, 6) is -1.41. The van der Waals surface area contributed by atoms with Gasteiger partial charge in [0.15, 0.2) is 0 Å². The quantitative estimate of drug-likeness (QED) is 0.909. The maximum Gasteiger partial charge on any atom is 0.270 e. The van der Waals surface area contributed by atoms with E-state index in [1.165, 1.54) is 24.4 Å². The van der Waals surface area contributed by atoms with Crippen LogP contribution in [0.4, 0.5) is 10.1 Å². The van der Waals surface area contributed by atoms with Crippen molar-refractivity contribution in [3.8, 4) is 0 Å². The summed E-state index contributed by atoms with van der Waals surface area (Å²) in [5, 5.41) is 5.27. The molecule has 2 N–H and O–H groups in total. The Morgan fingerprint density at radius 2 is 2.05 bits per heavy atom. The largest absolute Gasteiger partial charge is 0.342 e. The second-order valence-electron chi connectivity index (χ2n) is 4.55. The number of amides is 2. The van der Waals surface area contributed by atoms with Crippen molar-refractivity contribution in [3.63, 3.8) is 0 Å². The number of aromatic nitrogens is 1. The molecule has 0 fully saturated rings. The van der Waals surface area contributed by atoms with Crippen molar-refractivity contribution >= 4 is 29.1 Å². The summed E-state index contributed by atoms with van der Waals surface area (Å²) in [6.45, 7) is 1.36. The monoisotopic (exact) mass is 321 g/mol. The molecule has 0 bridgehead atoms. The Kier molecular flexibility index (Phi) is 5.06. The maximum atomic E-state index is 13.4. The zero-order chi connectivity index (χ0) is 16.1. The van der Waals surface area contributed by atoms with Crippen LogP contribution in [0.1, 0.15) is 16.1 Å². The summed E-state index contributed by atoms with van der Waals surface area (Å²) >= 11 is 5.75. The lowest BCUT2D eigenvalue weighted by molar-refractivity contribution is -0.115. The van der Waals surface area contributed by atoms with Crippen LogP contribution in [0.5, 0.6) is 0 Å². The maximum absolute atomic E-state index is 13.4. The molecule has 22 heavy (non-hydrogen) atoms. The van der Waals surface area contributed by atoms with Gasteiger partial charge in [-0.05, 0) is 36.8 Å². The molecule has 0 saturated heterocycles. The van der Waals surface area contributed by atoms with Gasteiger partial charge < -0.3 is 10.6 Å². The topological polar surface area (TPSA) is 71.1 Å². The molecule has 0 aliphatic rings. The Balaban J connectivity index is 1.90. The van der Waals surface area contributed by atoms with Gasteiger partial charge in [-0.15, -0.1) is 0 Å². The number of benzene rings is 1. The van der Waals surface area contributed by atoms with Crippen molar-refractivity contribution in [1.82, 2.24) is 10.3 Å². The minimum absolute atomic E-state index is 0.113. The molecule has 0 aliphatic heterocycles. The van der Waals surface area contributed by atoms with Crippen molar-refractivity contribution in [2.75, 3.05) is 11.9 Å². The highest BCUT2D eigenvalue weighted by molar-refractivity contribution is 6.30. The molecule has 0 atom stereocenters. The summed E-state index contributed by atoms with van der Waals surface area (Å²) in [7, 11) is 0. The van der Waals surface area contributed by atoms with E-state index in [0.29, 0.717) is 16.3 Å². The molecule has 0 spiro atoms. The van der Waals surface area contributed by atoms with Crippen LogP contribution >= 0.6 is 11.6 Å². The van der Waals surface area contributed by atoms with Gasteiger partial charge in [0.05, 0.1) is 6.54 Å². The fraction of sp³-hybridized carbons (Fsp3) is 0.133. The molecule has 7 heteroatoms. The Morgan fingerprint density at radius 3 is 2.73 bits per heavy atom. The highest BCUT2D eigenvalue weighted by Crippen LogP contribution is 2.13. The number of carbonyl (C=O) groups excluding carboxylic acids is 2. The number of halogens is 2. The fourth-order valence-corrected chi connectivity index (χ4v) is 1.82. The first kappa shape index (κ1) is 15.9. The Bertz CT molecular complexity index is 722. The number of nitrogens with one attached hydrogen (secondary N) is 2. The van der Waals surface area contributed by atoms with E-state index in [-0.39, 0.29) is 12.2 Å². The van der Waals surface area contributed by atoms with E-state index in [4.69, 9.17) is 11.6 Å². The minimum Gasteiger partial charge on any atom is -0.342 e. The highest BCUT2D eigenvalue weighted by Gasteiger charge is 2.10. The van der Waals surface area contributed by atoms with Crippen LogP contribution in [-0.2, 0) is 4.79 Å². The van der Waals surface area contributed by atoms with Crippen LogP contribution < -0.4 is 10.6 Å². The smallest absolute Gasteiger partial charge is 0.270 e. The normalized spacial score (nSPS) is 10.1. The number of pyridine rings is 1. The molecule has 2 aromatic rings. The van der Waals surface area contributed by atoms with Crippen molar-refractivity contribution in [1.29, 1.82) is 0 Å². The first-order chi connectivity index (χ1) is 10.5. The van der Waals surface area contributed by atoms with Crippen LogP contribution in [0.3, 0.4) is 0 Å². The third-order valence-corrected chi connectivity index (χ3v) is 3.05. The van der Waals surface area contributed by atoms with Crippen molar-refractivity contribution < 1.29 is 14.0 Å². The van der Waals surface area contributed by atoms with E-state index in [1.54, 1.807) is 19.1 Å². The predicted molar refractivity (Wildman–Crippen MR) is 81.3 cm³/mol. The third-order valence-electron chi connectivity index (χ3n) is 2.82. The van der Waals surface area contributed by atoms with Gasteiger partial charge in [-0.1, -0.05) is 17.7 Å². The molecule has 1 heterocycles. The number of anilines is 1. The van der Waals surface area contributed by atoms with Crippen LogP contribution in [0.25, 0.3) is 0 Å². The van der Waals surface area contributed by atoms with Crippen LogP contribution in [0, 0.1) is 12.7 Å². The average Bonchev–Trinajstić information content (AvgIpc) is 2.48. The van der Waals surface area contributed by atoms with Gasteiger partial charge in [0.25, 0.3) is 5.91 Å². The van der Waals surface area contributed by atoms with E-state index in [2.05, 4.69) is 15.6 Å². The lowest BCUT2D eigenvalue weighted by Crippen LogP contribution is -2.33. The molecule has 0 saturated carbocycles. The highest BCUT2D eigenvalue weighted by atomic mass is 35.5.